The van der Waals surface area contributed by atoms with Gasteiger partial charge in [-0.15, -0.1) is 0 Å². The summed E-state index contributed by atoms with van der Waals surface area (Å²) in [6, 6.07) is 12.3. The van der Waals surface area contributed by atoms with E-state index < -0.39 is 5.66 Å². The summed E-state index contributed by atoms with van der Waals surface area (Å²) < 4.78 is 0. The zero-order valence-corrected chi connectivity index (χ0v) is 15.9. The van der Waals surface area contributed by atoms with Crippen molar-refractivity contribution in [2.75, 3.05) is 11.4 Å². The van der Waals surface area contributed by atoms with Crippen molar-refractivity contribution in [2.24, 2.45) is 0 Å². The van der Waals surface area contributed by atoms with Crippen molar-refractivity contribution < 1.29 is 14.4 Å². The Morgan fingerprint density at radius 1 is 1.21 bits per heavy atom. The smallest absolute Gasteiger partial charge is 0.258 e. The SMILES string of the molecule is CC(NC(=O)CN1C(=O)c2ccccc2N2C(=O)CCC12C)c1ccccn1. The van der Waals surface area contributed by atoms with E-state index in [-0.39, 0.29) is 30.3 Å². The van der Waals surface area contributed by atoms with Crippen LogP contribution in [-0.4, -0.2) is 39.8 Å². The highest BCUT2D eigenvalue weighted by Gasteiger charge is 2.53. The number of carbonyl (C=O) groups excluding carboxylic acids is 3. The first kappa shape index (κ1) is 18.2. The second-order valence-corrected chi connectivity index (χ2v) is 7.40. The van der Waals surface area contributed by atoms with Gasteiger partial charge in [-0.3, -0.25) is 24.3 Å². The van der Waals surface area contributed by atoms with E-state index in [4.69, 9.17) is 0 Å². The molecule has 28 heavy (non-hydrogen) atoms. The number of amides is 3. The third kappa shape index (κ3) is 2.83. The molecule has 0 radical (unpaired) electrons. The highest BCUT2D eigenvalue weighted by molar-refractivity contribution is 6.11. The molecular weight excluding hydrogens is 356 g/mol. The van der Waals surface area contributed by atoms with Crippen LogP contribution in [0.2, 0.25) is 0 Å². The number of aromatic nitrogens is 1. The number of fused-ring (bicyclic) bond motifs is 3. The maximum absolute atomic E-state index is 13.2. The minimum Gasteiger partial charge on any atom is -0.346 e. The van der Waals surface area contributed by atoms with Gasteiger partial charge in [0, 0.05) is 12.6 Å². The van der Waals surface area contributed by atoms with Crippen LogP contribution >= 0.6 is 0 Å². The molecule has 7 nitrogen and oxygen atoms in total. The van der Waals surface area contributed by atoms with Gasteiger partial charge in [0.15, 0.2) is 0 Å². The van der Waals surface area contributed by atoms with Gasteiger partial charge in [0.05, 0.1) is 23.0 Å². The fourth-order valence-electron chi connectivity index (χ4n) is 4.08. The lowest BCUT2D eigenvalue weighted by Gasteiger charge is -2.48. The van der Waals surface area contributed by atoms with Crippen molar-refractivity contribution in [3.05, 3.63) is 59.9 Å². The summed E-state index contributed by atoms with van der Waals surface area (Å²) in [6.45, 7) is 3.58. The highest BCUT2D eigenvalue weighted by atomic mass is 16.2. The molecule has 0 aliphatic carbocycles. The number of rotatable bonds is 4. The van der Waals surface area contributed by atoms with Crippen molar-refractivity contribution in [3.8, 4) is 0 Å². The van der Waals surface area contributed by atoms with Crippen LogP contribution in [0.25, 0.3) is 0 Å². The summed E-state index contributed by atoms with van der Waals surface area (Å²) in [5.41, 5.74) is 0.973. The Morgan fingerprint density at radius 2 is 1.96 bits per heavy atom. The number of anilines is 1. The normalized spacial score (nSPS) is 21.9. The molecule has 1 saturated heterocycles. The molecule has 2 aliphatic rings. The van der Waals surface area contributed by atoms with E-state index in [1.165, 1.54) is 4.90 Å². The molecule has 1 N–H and O–H groups in total. The number of pyridine rings is 1. The number of nitrogens with one attached hydrogen (secondary N) is 1. The van der Waals surface area contributed by atoms with E-state index in [0.717, 1.165) is 5.69 Å². The molecule has 2 aliphatic heterocycles. The fourth-order valence-corrected chi connectivity index (χ4v) is 4.08. The summed E-state index contributed by atoms with van der Waals surface area (Å²) >= 11 is 0. The summed E-state index contributed by atoms with van der Waals surface area (Å²) in [7, 11) is 0. The third-order valence-electron chi connectivity index (χ3n) is 5.56. The number of benzene rings is 1. The van der Waals surface area contributed by atoms with Crippen LogP contribution < -0.4 is 10.2 Å². The Morgan fingerprint density at radius 3 is 2.71 bits per heavy atom. The standard InChI is InChI=1S/C21H22N4O3/c1-14(16-8-5-6-12-22-16)23-18(26)13-24-20(28)15-7-3-4-9-17(15)25-19(27)10-11-21(24,25)2/h3-9,12,14H,10-11,13H2,1-2H3,(H,23,26). The minimum absolute atomic E-state index is 0.0327. The summed E-state index contributed by atoms with van der Waals surface area (Å²) in [5, 5.41) is 2.90. The molecular formula is C21H22N4O3. The van der Waals surface area contributed by atoms with Gasteiger partial charge in [0.2, 0.25) is 11.8 Å². The van der Waals surface area contributed by atoms with Crippen LogP contribution in [0.4, 0.5) is 5.69 Å². The second-order valence-electron chi connectivity index (χ2n) is 7.40. The van der Waals surface area contributed by atoms with Crippen molar-refractivity contribution in [1.82, 2.24) is 15.2 Å². The first-order valence-electron chi connectivity index (χ1n) is 9.36. The van der Waals surface area contributed by atoms with Gasteiger partial charge in [0.1, 0.15) is 12.2 Å². The Labute approximate surface area is 163 Å². The fraction of sp³-hybridized carbons (Fsp3) is 0.333. The van der Waals surface area contributed by atoms with Crippen molar-refractivity contribution in [1.29, 1.82) is 0 Å². The van der Waals surface area contributed by atoms with Gasteiger partial charge in [-0.25, -0.2) is 0 Å². The maximum Gasteiger partial charge on any atom is 0.258 e. The maximum atomic E-state index is 13.2. The zero-order chi connectivity index (χ0) is 19.9. The number of hydrogen-bond acceptors (Lipinski definition) is 4. The number of carbonyl (C=O) groups is 3. The Kier molecular flexibility index (Phi) is 4.37. The predicted molar refractivity (Wildman–Crippen MR) is 103 cm³/mol. The van der Waals surface area contributed by atoms with Crippen LogP contribution in [0.3, 0.4) is 0 Å². The lowest BCUT2D eigenvalue weighted by molar-refractivity contribution is -0.124. The lowest BCUT2D eigenvalue weighted by atomic mass is 9.98. The van der Waals surface area contributed by atoms with Crippen molar-refractivity contribution in [2.45, 2.75) is 38.4 Å². The van der Waals surface area contributed by atoms with Crippen molar-refractivity contribution >= 4 is 23.4 Å². The molecule has 3 amide bonds. The van der Waals surface area contributed by atoms with E-state index in [0.29, 0.717) is 24.1 Å². The molecule has 1 fully saturated rings. The molecule has 2 unspecified atom stereocenters. The van der Waals surface area contributed by atoms with E-state index >= 15 is 0 Å². The quantitative estimate of drug-likeness (QED) is 0.885. The largest absolute Gasteiger partial charge is 0.346 e. The van der Waals surface area contributed by atoms with Gasteiger partial charge in [-0.05, 0) is 44.5 Å². The van der Waals surface area contributed by atoms with E-state index in [1.807, 2.05) is 38.1 Å². The second kappa shape index (κ2) is 6.74. The van der Waals surface area contributed by atoms with Crippen LogP contribution in [0, 0.1) is 0 Å². The van der Waals surface area contributed by atoms with Crippen LogP contribution in [-0.2, 0) is 9.59 Å². The Hall–Kier alpha value is -3.22. The molecule has 0 saturated carbocycles. The molecule has 3 heterocycles. The van der Waals surface area contributed by atoms with Gasteiger partial charge in [-0.2, -0.15) is 0 Å². The number of nitrogens with zero attached hydrogens (tertiary/aromatic N) is 3. The molecule has 2 aromatic rings. The van der Waals surface area contributed by atoms with E-state index in [9.17, 15) is 14.4 Å². The monoisotopic (exact) mass is 378 g/mol. The predicted octanol–water partition coefficient (Wildman–Crippen LogP) is 2.26. The average Bonchev–Trinajstić information content (AvgIpc) is 3.01. The van der Waals surface area contributed by atoms with Crippen LogP contribution in [0.15, 0.2) is 48.7 Å². The minimum atomic E-state index is -0.839. The summed E-state index contributed by atoms with van der Waals surface area (Å²) in [5.74, 6) is -0.550. The zero-order valence-electron chi connectivity index (χ0n) is 15.9. The Bertz CT molecular complexity index is 946. The van der Waals surface area contributed by atoms with Crippen LogP contribution in [0.5, 0.6) is 0 Å². The topological polar surface area (TPSA) is 82.6 Å². The van der Waals surface area contributed by atoms with E-state index in [1.54, 1.807) is 29.3 Å². The molecule has 4 rings (SSSR count). The van der Waals surface area contributed by atoms with Gasteiger partial charge in [0.25, 0.3) is 5.91 Å². The third-order valence-corrected chi connectivity index (χ3v) is 5.56. The van der Waals surface area contributed by atoms with Gasteiger partial charge >= 0.3 is 0 Å². The van der Waals surface area contributed by atoms with Crippen LogP contribution in [0.1, 0.15) is 48.8 Å². The first-order valence-corrected chi connectivity index (χ1v) is 9.36. The summed E-state index contributed by atoms with van der Waals surface area (Å²) in [4.78, 5) is 45.9. The van der Waals surface area contributed by atoms with Gasteiger partial charge in [-0.1, -0.05) is 18.2 Å². The molecule has 7 heteroatoms. The van der Waals surface area contributed by atoms with E-state index in [2.05, 4.69) is 10.3 Å². The first-order chi connectivity index (χ1) is 13.4. The summed E-state index contributed by atoms with van der Waals surface area (Å²) in [6.07, 6.45) is 2.52. The highest BCUT2D eigenvalue weighted by Crippen LogP contribution is 2.43. The van der Waals surface area contributed by atoms with Gasteiger partial charge < -0.3 is 10.2 Å². The number of para-hydroxylation sites is 1. The Balaban J connectivity index is 1.60. The molecule has 1 aromatic carbocycles. The molecule has 0 bridgehead atoms. The molecule has 0 spiro atoms. The van der Waals surface area contributed by atoms with Crippen molar-refractivity contribution in [3.63, 3.8) is 0 Å². The lowest BCUT2D eigenvalue weighted by Crippen LogP contribution is -2.63. The molecule has 1 aromatic heterocycles. The number of hydrogen-bond donors (Lipinski definition) is 1. The molecule has 2 atom stereocenters. The molecule has 144 valence electrons. The average molecular weight is 378 g/mol.